The van der Waals surface area contributed by atoms with E-state index in [0.717, 1.165) is 6.07 Å². The van der Waals surface area contributed by atoms with E-state index in [4.69, 9.17) is 17.3 Å². The van der Waals surface area contributed by atoms with Crippen LogP contribution >= 0.6 is 27.5 Å². The number of nitro benzene ring substituents is 1. The lowest BCUT2D eigenvalue weighted by molar-refractivity contribution is -0.385. The smallest absolute Gasteiger partial charge is 0.286 e. The first-order chi connectivity index (χ1) is 7.45. The highest BCUT2D eigenvalue weighted by Gasteiger charge is 2.16. The molecule has 0 aromatic heterocycles. The molecule has 0 fully saturated rings. The largest absolute Gasteiger partial charge is 0.386 e. The number of benzene rings is 1. The SMILES string of the molecule is NC(CCl)=Nc1cc(Br)c([N+](=O)[O-])cc1F. The van der Waals surface area contributed by atoms with Crippen LogP contribution < -0.4 is 5.73 Å². The van der Waals surface area contributed by atoms with Gasteiger partial charge in [-0.2, -0.15) is 0 Å². The Balaban J connectivity index is 3.26. The lowest BCUT2D eigenvalue weighted by Crippen LogP contribution is -2.12. The lowest BCUT2D eigenvalue weighted by atomic mass is 10.3. The summed E-state index contributed by atoms with van der Waals surface area (Å²) in [7, 11) is 0. The van der Waals surface area contributed by atoms with Crippen LogP contribution in [0.15, 0.2) is 21.6 Å². The van der Waals surface area contributed by atoms with Gasteiger partial charge in [-0.05, 0) is 22.0 Å². The number of rotatable bonds is 3. The van der Waals surface area contributed by atoms with Crippen molar-refractivity contribution in [2.24, 2.45) is 10.7 Å². The molecule has 1 aromatic rings. The molecule has 0 saturated carbocycles. The Hall–Kier alpha value is -1.21. The molecule has 0 saturated heterocycles. The van der Waals surface area contributed by atoms with Crippen LogP contribution in [0, 0.1) is 15.9 Å². The molecule has 2 N–H and O–H groups in total. The van der Waals surface area contributed by atoms with Gasteiger partial charge in [0.1, 0.15) is 11.5 Å². The summed E-state index contributed by atoms with van der Waals surface area (Å²) in [4.78, 5) is 13.5. The van der Waals surface area contributed by atoms with E-state index >= 15 is 0 Å². The lowest BCUT2D eigenvalue weighted by Gasteiger charge is -2.01. The van der Waals surface area contributed by atoms with Crippen molar-refractivity contribution in [3.63, 3.8) is 0 Å². The molecule has 5 nitrogen and oxygen atoms in total. The first kappa shape index (κ1) is 12.9. The van der Waals surface area contributed by atoms with Crippen LogP contribution in [-0.2, 0) is 0 Å². The maximum absolute atomic E-state index is 13.4. The molecule has 0 bridgehead atoms. The number of nitrogens with two attached hydrogens (primary N) is 1. The minimum absolute atomic E-state index is 0.0290. The molecule has 1 aromatic carbocycles. The molecule has 0 spiro atoms. The molecule has 86 valence electrons. The van der Waals surface area contributed by atoms with Crippen molar-refractivity contribution in [1.29, 1.82) is 0 Å². The second kappa shape index (κ2) is 5.22. The van der Waals surface area contributed by atoms with Gasteiger partial charge in [0.05, 0.1) is 21.3 Å². The molecule has 0 aliphatic carbocycles. The summed E-state index contributed by atoms with van der Waals surface area (Å²) in [5.74, 6) is -0.849. The van der Waals surface area contributed by atoms with Crippen LogP contribution in [0.25, 0.3) is 0 Å². The predicted octanol–water partition coefficient (Wildman–Crippen LogP) is 2.72. The summed E-state index contributed by atoms with van der Waals surface area (Å²) in [6.07, 6.45) is 0. The van der Waals surface area contributed by atoms with E-state index in [1.165, 1.54) is 6.07 Å². The van der Waals surface area contributed by atoms with Crippen molar-refractivity contribution >= 4 is 44.7 Å². The zero-order valence-corrected chi connectivity index (χ0v) is 10.1. The normalized spacial score (nSPS) is 11.6. The number of alkyl halides is 1. The van der Waals surface area contributed by atoms with Gasteiger partial charge in [0, 0.05) is 0 Å². The first-order valence-electron chi connectivity index (χ1n) is 3.98. The third kappa shape index (κ3) is 2.89. The molecule has 0 unspecified atom stereocenters. The summed E-state index contributed by atoms with van der Waals surface area (Å²) in [6.45, 7) is 0. The van der Waals surface area contributed by atoms with Gasteiger partial charge >= 0.3 is 0 Å². The highest BCUT2D eigenvalue weighted by atomic mass is 79.9. The average molecular weight is 311 g/mol. The molecular weight excluding hydrogens is 304 g/mol. The number of hydrogen-bond acceptors (Lipinski definition) is 3. The quantitative estimate of drug-likeness (QED) is 0.306. The van der Waals surface area contributed by atoms with E-state index in [9.17, 15) is 14.5 Å². The molecule has 16 heavy (non-hydrogen) atoms. The maximum Gasteiger partial charge on any atom is 0.286 e. The summed E-state index contributed by atoms with van der Waals surface area (Å²) in [5.41, 5.74) is 4.85. The Morgan fingerprint density at radius 2 is 2.31 bits per heavy atom. The number of halogens is 3. The predicted molar refractivity (Wildman–Crippen MR) is 62.8 cm³/mol. The van der Waals surface area contributed by atoms with Gasteiger partial charge in [0.15, 0.2) is 5.82 Å². The summed E-state index contributed by atoms with van der Waals surface area (Å²) in [5, 5.41) is 10.5. The van der Waals surface area contributed by atoms with E-state index in [2.05, 4.69) is 20.9 Å². The van der Waals surface area contributed by atoms with Crippen molar-refractivity contribution in [3.05, 3.63) is 32.5 Å². The molecule has 0 heterocycles. The fourth-order valence-corrected chi connectivity index (χ4v) is 1.47. The third-order valence-electron chi connectivity index (χ3n) is 1.61. The molecule has 0 radical (unpaired) electrons. The van der Waals surface area contributed by atoms with E-state index < -0.39 is 10.7 Å². The summed E-state index contributed by atoms with van der Waals surface area (Å²) in [6, 6.07) is 1.94. The Kier molecular flexibility index (Phi) is 4.19. The first-order valence-corrected chi connectivity index (χ1v) is 5.31. The second-order valence-corrected chi connectivity index (χ2v) is 3.87. The number of amidine groups is 1. The van der Waals surface area contributed by atoms with Gasteiger partial charge in [-0.25, -0.2) is 9.38 Å². The van der Waals surface area contributed by atoms with Crippen LogP contribution in [0.3, 0.4) is 0 Å². The minimum atomic E-state index is -0.831. The van der Waals surface area contributed by atoms with E-state index in [1.54, 1.807) is 0 Å². The minimum Gasteiger partial charge on any atom is -0.386 e. The zero-order chi connectivity index (χ0) is 12.3. The monoisotopic (exact) mass is 309 g/mol. The van der Waals surface area contributed by atoms with Crippen molar-refractivity contribution in [1.82, 2.24) is 0 Å². The van der Waals surface area contributed by atoms with Gasteiger partial charge in [0.2, 0.25) is 0 Å². The molecule has 0 atom stereocenters. The maximum atomic E-state index is 13.4. The van der Waals surface area contributed by atoms with Crippen LogP contribution in [0.2, 0.25) is 0 Å². The molecule has 0 amide bonds. The van der Waals surface area contributed by atoms with Crippen LogP contribution in [-0.4, -0.2) is 16.6 Å². The van der Waals surface area contributed by atoms with Crippen LogP contribution in [0.4, 0.5) is 15.8 Å². The van der Waals surface area contributed by atoms with Crippen molar-refractivity contribution in [2.45, 2.75) is 0 Å². The Morgan fingerprint density at radius 1 is 1.69 bits per heavy atom. The summed E-state index contributed by atoms with van der Waals surface area (Å²) < 4.78 is 13.5. The Labute approximate surface area is 103 Å². The van der Waals surface area contributed by atoms with Crippen molar-refractivity contribution in [3.8, 4) is 0 Å². The topological polar surface area (TPSA) is 81.5 Å². The highest BCUT2D eigenvalue weighted by Crippen LogP contribution is 2.31. The van der Waals surface area contributed by atoms with E-state index in [1.807, 2.05) is 0 Å². The van der Waals surface area contributed by atoms with Gasteiger partial charge in [-0.3, -0.25) is 10.1 Å². The van der Waals surface area contributed by atoms with Crippen molar-refractivity contribution < 1.29 is 9.31 Å². The Morgan fingerprint density at radius 3 is 2.81 bits per heavy atom. The fourth-order valence-electron chi connectivity index (χ4n) is 0.936. The van der Waals surface area contributed by atoms with Gasteiger partial charge in [0.25, 0.3) is 5.69 Å². The van der Waals surface area contributed by atoms with E-state index in [-0.39, 0.29) is 27.6 Å². The molecule has 8 heteroatoms. The van der Waals surface area contributed by atoms with Crippen molar-refractivity contribution in [2.75, 3.05) is 5.88 Å². The molecule has 0 aliphatic heterocycles. The van der Waals surface area contributed by atoms with Crippen LogP contribution in [0.5, 0.6) is 0 Å². The molecular formula is C8H6BrClFN3O2. The van der Waals surface area contributed by atoms with Gasteiger partial charge in [-0.15, -0.1) is 11.6 Å². The standard InChI is InChI=1S/C8H6BrClFN3O2/c9-4-1-6(13-8(12)3-10)5(11)2-7(4)14(15)16/h1-2H,3H2,(H2,12,13). The van der Waals surface area contributed by atoms with Gasteiger partial charge in [-0.1, -0.05) is 0 Å². The molecule has 1 rings (SSSR count). The second-order valence-electron chi connectivity index (χ2n) is 2.75. The van der Waals surface area contributed by atoms with Crippen LogP contribution in [0.1, 0.15) is 0 Å². The number of aliphatic imine (C=N–C) groups is 1. The highest BCUT2D eigenvalue weighted by molar-refractivity contribution is 9.10. The zero-order valence-electron chi connectivity index (χ0n) is 7.78. The number of hydrogen-bond donors (Lipinski definition) is 1. The Bertz CT molecular complexity index is 467. The fraction of sp³-hybridized carbons (Fsp3) is 0.125. The number of nitrogens with zero attached hydrogens (tertiary/aromatic N) is 2. The number of nitro groups is 1. The molecule has 0 aliphatic rings. The summed E-state index contributed by atoms with van der Waals surface area (Å²) >= 11 is 8.32. The van der Waals surface area contributed by atoms with Gasteiger partial charge < -0.3 is 5.73 Å². The third-order valence-corrected chi connectivity index (χ3v) is 2.52. The van der Waals surface area contributed by atoms with E-state index in [0.29, 0.717) is 0 Å². The average Bonchev–Trinajstić information content (AvgIpc) is 2.22.